The first-order chi connectivity index (χ1) is 7.10. The Hall–Kier alpha value is -0.740. The zero-order valence-corrected chi connectivity index (χ0v) is 10.7. The van der Waals surface area contributed by atoms with Crippen molar-refractivity contribution in [1.82, 2.24) is 5.32 Å². The van der Waals surface area contributed by atoms with Gasteiger partial charge in [-0.3, -0.25) is 4.79 Å². The van der Waals surface area contributed by atoms with E-state index < -0.39 is 5.38 Å². The van der Waals surface area contributed by atoms with Crippen LogP contribution >= 0.6 is 27.5 Å². The molecule has 0 saturated heterocycles. The molecule has 0 aliphatic carbocycles. The van der Waals surface area contributed by atoms with Crippen LogP contribution in [0.4, 0.5) is 0 Å². The van der Waals surface area contributed by atoms with Crippen LogP contribution in [-0.2, 0) is 4.79 Å². The molecule has 0 aliphatic heterocycles. The number of alkyl halides is 1. The van der Waals surface area contributed by atoms with Crippen LogP contribution in [0.25, 0.3) is 0 Å². The average molecular weight is 293 g/mol. The second-order valence-electron chi connectivity index (χ2n) is 2.86. The standard InChI is InChI=1S/C10H11BrClNO2/c1-13-10(14)9(12)7-5-6(11)3-4-8(7)15-2/h3-5,9H,1-2H3,(H,13,14). The monoisotopic (exact) mass is 291 g/mol. The summed E-state index contributed by atoms with van der Waals surface area (Å²) in [4.78, 5) is 11.4. The maximum absolute atomic E-state index is 11.4. The van der Waals surface area contributed by atoms with Crippen LogP contribution in [-0.4, -0.2) is 20.1 Å². The van der Waals surface area contributed by atoms with E-state index in [9.17, 15) is 4.79 Å². The zero-order chi connectivity index (χ0) is 11.4. The topological polar surface area (TPSA) is 38.3 Å². The molecule has 0 aromatic heterocycles. The molecule has 1 aromatic carbocycles. The number of halogens is 2. The first-order valence-electron chi connectivity index (χ1n) is 4.29. The third-order valence-electron chi connectivity index (χ3n) is 1.94. The van der Waals surface area contributed by atoms with Crippen LogP contribution in [0.5, 0.6) is 5.75 Å². The number of likely N-dealkylation sites (N-methyl/N-ethyl adjacent to an activating group) is 1. The summed E-state index contributed by atoms with van der Waals surface area (Å²) in [5.74, 6) is 0.342. The molecule has 1 N–H and O–H groups in total. The van der Waals surface area contributed by atoms with E-state index in [0.29, 0.717) is 11.3 Å². The van der Waals surface area contributed by atoms with E-state index >= 15 is 0 Å². The molecule has 3 nitrogen and oxygen atoms in total. The maximum Gasteiger partial charge on any atom is 0.242 e. The molecule has 0 heterocycles. The fourth-order valence-electron chi connectivity index (χ4n) is 1.17. The Labute approximate surface area is 102 Å². The molecule has 0 radical (unpaired) electrons. The summed E-state index contributed by atoms with van der Waals surface area (Å²) in [5.41, 5.74) is 0.646. The molecule has 0 saturated carbocycles. The van der Waals surface area contributed by atoms with Crippen molar-refractivity contribution >= 4 is 33.4 Å². The molecule has 0 bridgehead atoms. The fourth-order valence-corrected chi connectivity index (χ4v) is 1.83. The summed E-state index contributed by atoms with van der Waals surface area (Å²) >= 11 is 9.32. The summed E-state index contributed by atoms with van der Waals surface area (Å²) in [6.45, 7) is 0. The average Bonchev–Trinajstić information content (AvgIpc) is 2.27. The Morgan fingerprint density at radius 1 is 1.60 bits per heavy atom. The number of carbonyl (C=O) groups excluding carboxylic acids is 1. The third-order valence-corrected chi connectivity index (χ3v) is 2.87. The predicted molar refractivity (Wildman–Crippen MR) is 63.4 cm³/mol. The fraction of sp³-hybridized carbons (Fsp3) is 0.300. The number of amides is 1. The van der Waals surface area contributed by atoms with Gasteiger partial charge in [0, 0.05) is 17.1 Å². The Kier molecular flexibility index (Phi) is 4.42. The minimum atomic E-state index is -0.748. The van der Waals surface area contributed by atoms with E-state index in [1.54, 1.807) is 26.3 Å². The van der Waals surface area contributed by atoms with Gasteiger partial charge in [0.1, 0.15) is 11.1 Å². The first kappa shape index (κ1) is 12.3. The van der Waals surface area contributed by atoms with Crippen molar-refractivity contribution in [2.24, 2.45) is 0 Å². The highest BCUT2D eigenvalue weighted by molar-refractivity contribution is 9.10. The minimum absolute atomic E-state index is 0.256. The number of benzene rings is 1. The molecule has 1 rings (SSSR count). The van der Waals surface area contributed by atoms with E-state index in [1.165, 1.54) is 0 Å². The van der Waals surface area contributed by atoms with E-state index in [-0.39, 0.29) is 5.91 Å². The number of hydrogen-bond donors (Lipinski definition) is 1. The molecular formula is C10H11BrClNO2. The van der Waals surface area contributed by atoms with E-state index in [2.05, 4.69) is 21.2 Å². The molecule has 1 unspecified atom stereocenters. The van der Waals surface area contributed by atoms with Gasteiger partial charge in [0.05, 0.1) is 7.11 Å². The van der Waals surface area contributed by atoms with Gasteiger partial charge in [0.25, 0.3) is 0 Å². The van der Waals surface area contributed by atoms with Crippen LogP contribution in [0.1, 0.15) is 10.9 Å². The summed E-state index contributed by atoms with van der Waals surface area (Å²) in [6, 6.07) is 5.36. The van der Waals surface area contributed by atoms with Gasteiger partial charge in [-0.2, -0.15) is 0 Å². The van der Waals surface area contributed by atoms with Gasteiger partial charge < -0.3 is 10.1 Å². The highest BCUT2D eigenvalue weighted by Crippen LogP contribution is 2.32. The van der Waals surface area contributed by atoms with Gasteiger partial charge in [-0.05, 0) is 18.2 Å². The van der Waals surface area contributed by atoms with Gasteiger partial charge in [-0.1, -0.05) is 15.9 Å². The Morgan fingerprint density at radius 3 is 2.80 bits per heavy atom. The summed E-state index contributed by atoms with van der Waals surface area (Å²) in [7, 11) is 3.09. The third kappa shape index (κ3) is 2.86. The minimum Gasteiger partial charge on any atom is -0.496 e. The van der Waals surface area contributed by atoms with Gasteiger partial charge in [0.15, 0.2) is 0 Å². The van der Waals surface area contributed by atoms with Crippen molar-refractivity contribution in [2.45, 2.75) is 5.38 Å². The summed E-state index contributed by atoms with van der Waals surface area (Å²) < 4.78 is 5.99. The molecule has 1 atom stereocenters. The largest absolute Gasteiger partial charge is 0.496 e. The quantitative estimate of drug-likeness (QED) is 0.869. The highest BCUT2D eigenvalue weighted by Gasteiger charge is 2.20. The molecule has 0 fully saturated rings. The second kappa shape index (κ2) is 5.37. The molecule has 5 heteroatoms. The summed E-state index contributed by atoms with van der Waals surface area (Å²) in [6.07, 6.45) is 0. The molecule has 1 amide bonds. The molecule has 0 spiro atoms. The second-order valence-corrected chi connectivity index (χ2v) is 4.22. The Balaban J connectivity index is 3.10. The molecule has 1 aromatic rings. The van der Waals surface area contributed by atoms with Gasteiger partial charge in [-0.25, -0.2) is 0 Å². The van der Waals surface area contributed by atoms with Crippen LogP contribution < -0.4 is 10.1 Å². The lowest BCUT2D eigenvalue weighted by Crippen LogP contribution is -2.22. The highest BCUT2D eigenvalue weighted by atomic mass is 79.9. The van der Waals surface area contributed by atoms with Crippen molar-refractivity contribution in [3.63, 3.8) is 0 Å². The first-order valence-corrected chi connectivity index (χ1v) is 5.52. The summed E-state index contributed by atoms with van der Waals surface area (Å²) in [5, 5.41) is 1.74. The van der Waals surface area contributed by atoms with Crippen LogP contribution in [0.2, 0.25) is 0 Å². The number of nitrogens with one attached hydrogen (secondary N) is 1. The number of ether oxygens (including phenoxy) is 1. The van der Waals surface area contributed by atoms with Crippen LogP contribution in [0.3, 0.4) is 0 Å². The van der Waals surface area contributed by atoms with Crippen LogP contribution in [0.15, 0.2) is 22.7 Å². The van der Waals surface area contributed by atoms with E-state index in [4.69, 9.17) is 16.3 Å². The van der Waals surface area contributed by atoms with E-state index in [1.807, 2.05) is 6.07 Å². The van der Waals surface area contributed by atoms with Crippen LogP contribution in [0, 0.1) is 0 Å². The van der Waals surface area contributed by atoms with Crippen molar-refractivity contribution in [3.8, 4) is 5.75 Å². The Bertz CT molecular complexity index is 370. The number of carbonyl (C=O) groups is 1. The number of hydrogen-bond acceptors (Lipinski definition) is 2. The smallest absolute Gasteiger partial charge is 0.242 e. The van der Waals surface area contributed by atoms with E-state index in [0.717, 1.165) is 4.47 Å². The Morgan fingerprint density at radius 2 is 2.27 bits per heavy atom. The van der Waals surface area contributed by atoms with Crippen molar-refractivity contribution in [3.05, 3.63) is 28.2 Å². The number of rotatable bonds is 3. The molecule has 82 valence electrons. The zero-order valence-electron chi connectivity index (χ0n) is 8.38. The van der Waals surface area contributed by atoms with Gasteiger partial charge in [-0.15, -0.1) is 11.6 Å². The lowest BCUT2D eigenvalue weighted by atomic mass is 10.1. The predicted octanol–water partition coefficient (Wildman–Crippen LogP) is 2.48. The number of methoxy groups -OCH3 is 1. The van der Waals surface area contributed by atoms with Crippen molar-refractivity contribution < 1.29 is 9.53 Å². The van der Waals surface area contributed by atoms with Gasteiger partial charge in [0.2, 0.25) is 5.91 Å². The normalized spacial score (nSPS) is 12.0. The van der Waals surface area contributed by atoms with Crippen molar-refractivity contribution in [2.75, 3.05) is 14.2 Å². The van der Waals surface area contributed by atoms with Crippen molar-refractivity contribution in [1.29, 1.82) is 0 Å². The maximum atomic E-state index is 11.4. The molecule has 15 heavy (non-hydrogen) atoms. The SMILES string of the molecule is CNC(=O)C(Cl)c1cc(Br)ccc1OC. The molecule has 0 aliphatic rings. The lowest BCUT2D eigenvalue weighted by Gasteiger charge is -2.13. The lowest BCUT2D eigenvalue weighted by molar-refractivity contribution is -0.120. The molecular weight excluding hydrogens is 281 g/mol. The van der Waals surface area contributed by atoms with Gasteiger partial charge >= 0.3 is 0 Å².